The molecule has 0 unspecified atom stereocenters. The summed E-state index contributed by atoms with van der Waals surface area (Å²) in [6, 6.07) is 0. The molecule has 0 aromatic heterocycles. The highest BCUT2D eigenvalue weighted by Crippen LogP contribution is 1.97. The molecular weight excluding hydrogens is 194 g/mol. The minimum atomic E-state index is 0.297. The molecule has 0 atom stereocenters. The maximum Gasteiger partial charge on any atom is 0.140 e. The van der Waals surface area contributed by atoms with Gasteiger partial charge in [-0.1, -0.05) is 12.1 Å². The van der Waals surface area contributed by atoms with Gasteiger partial charge in [-0.3, -0.25) is 0 Å². The zero-order chi connectivity index (χ0) is 11.5. The molecule has 0 amide bonds. The van der Waals surface area contributed by atoms with Gasteiger partial charge in [-0.25, -0.2) is 0 Å². The number of ether oxygens (including phenoxy) is 1. The molecule has 0 aliphatic rings. The first-order valence-electron chi connectivity index (χ1n) is 5.42. The van der Waals surface area contributed by atoms with Crippen molar-refractivity contribution in [1.29, 1.82) is 0 Å². The van der Waals surface area contributed by atoms with Crippen LogP contribution in [0.25, 0.3) is 0 Å². The van der Waals surface area contributed by atoms with Crippen molar-refractivity contribution in [1.82, 2.24) is 4.90 Å². The van der Waals surface area contributed by atoms with Gasteiger partial charge in [0, 0.05) is 26.7 Å². The van der Waals surface area contributed by atoms with Crippen LogP contribution in [0.4, 0.5) is 0 Å². The molecule has 15 heavy (non-hydrogen) atoms. The number of hydrogen-bond donors (Lipinski definition) is 2. The molecule has 0 radical (unpaired) electrons. The second kappa shape index (κ2) is 9.73. The van der Waals surface area contributed by atoms with Crippen molar-refractivity contribution in [3.05, 3.63) is 0 Å². The number of unbranched alkanes of at least 4 members (excludes halogenated alkanes) is 1. The fourth-order valence-electron chi connectivity index (χ4n) is 1.33. The quantitative estimate of drug-likeness (QED) is 0.198. The van der Waals surface area contributed by atoms with Crippen LogP contribution in [0.2, 0.25) is 0 Å². The second-order valence-corrected chi connectivity index (χ2v) is 3.48. The van der Waals surface area contributed by atoms with Crippen LogP contribution in [0.3, 0.4) is 0 Å². The van der Waals surface area contributed by atoms with Crippen molar-refractivity contribution in [2.75, 3.05) is 33.4 Å². The van der Waals surface area contributed by atoms with Gasteiger partial charge in [0.2, 0.25) is 0 Å². The Morgan fingerprint density at radius 1 is 1.40 bits per heavy atom. The number of nitrogens with zero attached hydrogens (tertiary/aromatic N) is 2. The van der Waals surface area contributed by atoms with Crippen LogP contribution in [0.1, 0.15) is 26.2 Å². The molecule has 0 saturated carbocycles. The third kappa shape index (κ3) is 8.20. The molecule has 0 fully saturated rings. The topological polar surface area (TPSA) is 71.1 Å². The van der Waals surface area contributed by atoms with Crippen molar-refractivity contribution in [3.8, 4) is 0 Å². The van der Waals surface area contributed by atoms with Gasteiger partial charge in [0.1, 0.15) is 5.84 Å². The van der Waals surface area contributed by atoms with Gasteiger partial charge in [-0.15, -0.1) is 0 Å². The normalized spacial score (nSPS) is 12.3. The smallest absolute Gasteiger partial charge is 0.140 e. The predicted molar refractivity (Wildman–Crippen MR) is 61.2 cm³/mol. The molecule has 3 N–H and O–H groups in total. The summed E-state index contributed by atoms with van der Waals surface area (Å²) in [7, 11) is 1.72. The molecule has 0 aromatic rings. The van der Waals surface area contributed by atoms with Crippen LogP contribution < -0.4 is 5.73 Å². The standard InChI is InChI=1S/C10H23N3O2/c1-3-13(7-4-5-9-15-2)8-6-10(11)12-14/h14H,3-9H2,1-2H3,(H2,11,12). The van der Waals surface area contributed by atoms with Gasteiger partial charge in [-0.2, -0.15) is 0 Å². The number of hydrogen-bond acceptors (Lipinski definition) is 4. The van der Waals surface area contributed by atoms with Gasteiger partial charge in [0.05, 0.1) is 0 Å². The van der Waals surface area contributed by atoms with E-state index in [0.29, 0.717) is 12.3 Å². The number of amidine groups is 1. The molecule has 5 nitrogen and oxygen atoms in total. The highest BCUT2D eigenvalue weighted by molar-refractivity contribution is 5.79. The average molecular weight is 217 g/mol. The number of methoxy groups -OCH3 is 1. The van der Waals surface area contributed by atoms with Crippen molar-refractivity contribution in [2.24, 2.45) is 10.9 Å². The summed E-state index contributed by atoms with van der Waals surface area (Å²) < 4.78 is 4.98. The molecule has 0 rings (SSSR count). The van der Waals surface area contributed by atoms with Crippen molar-refractivity contribution in [2.45, 2.75) is 26.2 Å². The maximum absolute atomic E-state index is 8.39. The molecule has 0 bridgehead atoms. The molecule has 0 spiro atoms. The van der Waals surface area contributed by atoms with E-state index < -0.39 is 0 Å². The van der Waals surface area contributed by atoms with E-state index in [0.717, 1.165) is 39.1 Å². The highest BCUT2D eigenvalue weighted by Gasteiger charge is 2.03. The Balaban J connectivity index is 3.55. The summed E-state index contributed by atoms with van der Waals surface area (Å²) in [5, 5.41) is 11.3. The fraction of sp³-hybridized carbons (Fsp3) is 0.900. The van der Waals surface area contributed by atoms with Gasteiger partial charge in [0.25, 0.3) is 0 Å². The molecule has 0 heterocycles. The van der Waals surface area contributed by atoms with E-state index in [1.54, 1.807) is 7.11 Å². The predicted octanol–water partition coefficient (Wildman–Crippen LogP) is 0.871. The Labute approximate surface area is 91.9 Å². The van der Waals surface area contributed by atoms with Crippen LogP contribution in [0.5, 0.6) is 0 Å². The lowest BCUT2D eigenvalue weighted by Crippen LogP contribution is -2.29. The highest BCUT2D eigenvalue weighted by atomic mass is 16.5. The molecule has 0 aliphatic heterocycles. The largest absolute Gasteiger partial charge is 0.409 e. The lowest BCUT2D eigenvalue weighted by molar-refractivity contribution is 0.185. The van der Waals surface area contributed by atoms with E-state index in [1.165, 1.54) is 0 Å². The van der Waals surface area contributed by atoms with E-state index in [2.05, 4.69) is 17.0 Å². The van der Waals surface area contributed by atoms with Crippen molar-refractivity contribution < 1.29 is 9.94 Å². The van der Waals surface area contributed by atoms with Crippen molar-refractivity contribution in [3.63, 3.8) is 0 Å². The number of oxime groups is 1. The maximum atomic E-state index is 8.39. The van der Waals surface area contributed by atoms with E-state index >= 15 is 0 Å². The number of nitrogens with two attached hydrogens (primary N) is 1. The third-order valence-electron chi connectivity index (χ3n) is 2.33. The first-order valence-corrected chi connectivity index (χ1v) is 5.42. The Kier molecular flexibility index (Phi) is 9.21. The average Bonchev–Trinajstić information content (AvgIpc) is 2.27. The minimum Gasteiger partial charge on any atom is -0.409 e. The lowest BCUT2D eigenvalue weighted by atomic mass is 10.3. The van der Waals surface area contributed by atoms with Crippen LogP contribution in [-0.2, 0) is 4.74 Å². The summed E-state index contributed by atoms with van der Waals surface area (Å²) in [4.78, 5) is 2.29. The summed E-state index contributed by atoms with van der Waals surface area (Å²) in [5.41, 5.74) is 5.41. The Morgan fingerprint density at radius 2 is 2.13 bits per heavy atom. The van der Waals surface area contributed by atoms with Crippen LogP contribution in [0.15, 0.2) is 5.16 Å². The van der Waals surface area contributed by atoms with E-state index in [4.69, 9.17) is 15.7 Å². The first-order chi connectivity index (χ1) is 7.24. The van der Waals surface area contributed by atoms with E-state index in [1.807, 2.05) is 0 Å². The zero-order valence-electron chi connectivity index (χ0n) is 9.78. The lowest BCUT2D eigenvalue weighted by Gasteiger charge is -2.19. The Morgan fingerprint density at radius 3 is 2.67 bits per heavy atom. The van der Waals surface area contributed by atoms with Gasteiger partial charge >= 0.3 is 0 Å². The number of rotatable bonds is 9. The molecule has 0 saturated heterocycles. The third-order valence-corrected chi connectivity index (χ3v) is 2.33. The van der Waals surface area contributed by atoms with Gasteiger partial charge in [-0.05, 0) is 25.9 Å². The van der Waals surface area contributed by atoms with Gasteiger partial charge in [0.15, 0.2) is 0 Å². The Bertz CT molecular complexity index is 174. The Hall–Kier alpha value is -0.810. The van der Waals surface area contributed by atoms with Crippen molar-refractivity contribution >= 4 is 5.84 Å². The van der Waals surface area contributed by atoms with Crippen LogP contribution in [0, 0.1) is 0 Å². The summed E-state index contributed by atoms with van der Waals surface area (Å²) >= 11 is 0. The fourth-order valence-corrected chi connectivity index (χ4v) is 1.33. The minimum absolute atomic E-state index is 0.297. The van der Waals surface area contributed by atoms with E-state index in [-0.39, 0.29) is 0 Å². The van der Waals surface area contributed by atoms with Gasteiger partial charge < -0.3 is 20.6 Å². The molecule has 5 heteroatoms. The molecule has 0 aliphatic carbocycles. The monoisotopic (exact) mass is 217 g/mol. The van der Waals surface area contributed by atoms with Crippen LogP contribution >= 0.6 is 0 Å². The second-order valence-electron chi connectivity index (χ2n) is 3.48. The summed E-state index contributed by atoms with van der Waals surface area (Å²) in [6.07, 6.45) is 2.82. The SMILES string of the molecule is CCN(CCCCOC)CCC(N)=NO. The molecular formula is C10H23N3O2. The first kappa shape index (κ1) is 14.2. The molecule has 0 aromatic carbocycles. The summed E-state index contributed by atoms with van der Waals surface area (Å²) in [6.45, 7) is 5.81. The van der Waals surface area contributed by atoms with Crippen LogP contribution in [-0.4, -0.2) is 49.3 Å². The zero-order valence-corrected chi connectivity index (χ0v) is 9.78. The summed E-state index contributed by atoms with van der Waals surface area (Å²) in [5.74, 6) is 0.297. The molecule has 90 valence electrons. The van der Waals surface area contributed by atoms with E-state index in [9.17, 15) is 0 Å².